The normalized spacial score (nSPS) is 11.3. The van der Waals surface area contributed by atoms with E-state index in [0.29, 0.717) is 46.1 Å². The number of aromatic nitrogens is 3. The summed E-state index contributed by atoms with van der Waals surface area (Å²) < 4.78 is 37.0. The second-order valence-corrected chi connectivity index (χ2v) is 9.40. The maximum absolute atomic E-state index is 13.2. The fraction of sp³-hybridized carbons (Fsp3) is 0.207. The molecular weight excluding hydrogens is 537 g/mol. The summed E-state index contributed by atoms with van der Waals surface area (Å²) in [7, 11) is 4.63. The van der Waals surface area contributed by atoms with Crippen LogP contribution in [0.4, 0.5) is 4.39 Å². The van der Waals surface area contributed by atoms with Gasteiger partial charge in [-0.05, 0) is 72.3 Å². The number of rotatable bonds is 12. The highest BCUT2D eigenvalue weighted by Crippen LogP contribution is 2.35. The number of ether oxygens (including phenoxy) is 4. The first-order chi connectivity index (χ1) is 19.3. The molecule has 0 bridgehead atoms. The molecule has 0 atom stereocenters. The highest BCUT2D eigenvalue weighted by atomic mass is 32.2. The first-order valence-electron chi connectivity index (χ1n) is 12.2. The molecule has 4 rings (SSSR count). The molecule has 0 fully saturated rings. The van der Waals surface area contributed by atoms with Crippen LogP contribution in [-0.4, -0.2) is 47.2 Å². The number of methoxy groups -OCH3 is 3. The van der Waals surface area contributed by atoms with E-state index in [-0.39, 0.29) is 17.3 Å². The number of nitrogens with zero attached hydrogens (tertiary/aromatic N) is 3. The summed E-state index contributed by atoms with van der Waals surface area (Å²) in [6.07, 6.45) is 1.53. The van der Waals surface area contributed by atoms with Crippen LogP contribution in [-0.2, 0) is 17.9 Å². The van der Waals surface area contributed by atoms with Crippen LogP contribution in [0.2, 0.25) is 0 Å². The third-order valence-electron chi connectivity index (χ3n) is 5.85. The van der Waals surface area contributed by atoms with Crippen molar-refractivity contribution < 1.29 is 33.2 Å². The van der Waals surface area contributed by atoms with Gasteiger partial charge in [0.2, 0.25) is 0 Å². The van der Waals surface area contributed by atoms with E-state index in [1.54, 1.807) is 50.6 Å². The maximum Gasteiger partial charge on any atom is 0.342 e. The quantitative estimate of drug-likeness (QED) is 0.165. The largest absolute Gasteiger partial charge is 0.497 e. The molecule has 1 aromatic heterocycles. The van der Waals surface area contributed by atoms with Crippen LogP contribution < -0.4 is 18.9 Å². The number of hydrogen-bond acceptors (Lipinski definition) is 8. The van der Waals surface area contributed by atoms with E-state index >= 15 is 0 Å². The molecule has 0 aliphatic carbocycles. The lowest BCUT2D eigenvalue weighted by Crippen LogP contribution is -2.03. The highest BCUT2D eigenvalue weighted by molar-refractivity contribution is 8.04. The summed E-state index contributed by atoms with van der Waals surface area (Å²) in [6, 6.07) is 16.5. The van der Waals surface area contributed by atoms with Gasteiger partial charge in [0.05, 0.1) is 21.3 Å². The number of carboxylic acid groups (broad SMARTS) is 1. The summed E-state index contributed by atoms with van der Waals surface area (Å²) >= 11 is 0.990. The minimum atomic E-state index is -1.11. The van der Waals surface area contributed by atoms with Crippen LogP contribution in [0.1, 0.15) is 18.1 Å². The van der Waals surface area contributed by atoms with E-state index in [9.17, 15) is 14.3 Å². The summed E-state index contributed by atoms with van der Waals surface area (Å²) in [5.41, 5.74) is 2.11. The molecule has 0 aliphatic rings. The fourth-order valence-corrected chi connectivity index (χ4v) is 4.71. The van der Waals surface area contributed by atoms with Crippen LogP contribution >= 0.6 is 11.8 Å². The summed E-state index contributed by atoms with van der Waals surface area (Å²) in [6.45, 7) is 2.65. The summed E-state index contributed by atoms with van der Waals surface area (Å²) in [5.74, 6) is 1.21. The van der Waals surface area contributed by atoms with Gasteiger partial charge in [-0.15, -0.1) is 10.2 Å². The van der Waals surface area contributed by atoms with Crippen LogP contribution in [0.15, 0.2) is 70.7 Å². The van der Waals surface area contributed by atoms with Crippen LogP contribution in [0.3, 0.4) is 0 Å². The van der Waals surface area contributed by atoms with Crippen molar-refractivity contribution in [1.29, 1.82) is 0 Å². The molecule has 0 unspecified atom stereocenters. The molecule has 208 valence electrons. The molecule has 0 spiro atoms. The molecule has 0 saturated carbocycles. The average Bonchev–Trinajstić information content (AvgIpc) is 3.38. The lowest BCUT2D eigenvalue weighted by molar-refractivity contribution is -0.131. The van der Waals surface area contributed by atoms with Crippen molar-refractivity contribution >= 4 is 23.8 Å². The van der Waals surface area contributed by atoms with E-state index in [2.05, 4.69) is 10.2 Å². The number of benzene rings is 3. The van der Waals surface area contributed by atoms with Gasteiger partial charge in [0.15, 0.2) is 22.5 Å². The summed E-state index contributed by atoms with van der Waals surface area (Å²) in [4.78, 5) is 12.2. The number of hydrogen-bond donors (Lipinski definition) is 1. The Balaban J connectivity index is 1.59. The molecule has 0 amide bonds. The molecule has 0 radical (unpaired) electrons. The Hall–Kier alpha value is -4.51. The number of carboxylic acids is 1. The number of carbonyl (C=O) groups is 1. The van der Waals surface area contributed by atoms with Crippen molar-refractivity contribution in [1.82, 2.24) is 14.8 Å². The Morgan fingerprint density at radius 2 is 1.65 bits per heavy atom. The van der Waals surface area contributed by atoms with Crippen molar-refractivity contribution in [2.24, 2.45) is 0 Å². The van der Waals surface area contributed by atoms with E-state index in [4.69, 9.17) is 18.9 Å². The van der Waals surface area contributed by atoms with Gasteiger partial charge in [0, 0.05) is 18.2 Å². The third kappa shape index (κ3) is 6.73. The molecule has 0 saturated heterocycles. The Kier molecular flexibility index (Phi) is 9.28. The fourth-order valence-electron chi connectivity index (χ4n) is 3.82. The molecule has 3 aromatic carbocycles. The van der Waals surface area contributed by atoms with Crippen molar-refractivity contribution in [2.75, 3.05) is 21.3 Å². The first kappa shape index (κ1) is 28.5. The third-order valence-corrected chi connectivity index (χ3v) is 6.84. The van der Waals surface area contributed by atoms with Gasteiger partial charge in [-0.3, -0.25) is 0 Å². The van der Waals surface area contributed by atoms with Crippen molar-refractivity contribution in [3.8, 4) is 34.4 Å². The Morgan fingerprint density at radius 3 is 2.25 bits per heavy atom. The lowest BCUT2D eigenvalue weighted by atomic mass is 10.2. The monoisotopic (exact) mass is 565 g/mol. The van der Waals surface area contributed by atoms with Crippen molar-refractivity contribution in [3.63, 3.8) is 0 Å². The molecule has 11 heteroatoms. The van der Waals surface area contributed by atoms with Crippen LogP contribution in [0, 0.1) is 5.82 Å². The Morgan fingerprint density at radius 1 is 0.950 bits per heavy atom. The molecule has 9 nitrogen and oxygen atoms in total. The van der Waals surface area contributed by atoms with E-state index in [1.807, 2.05) is 23.6 Å². The van der Waals surface area contributed by atoms with Gasteiger partial charge in [-0.2, -0.15) is 0 Å². The number of thioether (sulfide) groups is 1. The standard InChI is InChI=1S/C29H28FN3O6S/c1-5-33-27(20-14-22(36-2)16-23(15-20)37-3)31-32-29(33)40-26(28(34)35)13-19-8-11-24(25(12-19)38-4)39-17-18-6-9-21(30)10-7-18/h6-16H,5,17H2,1-4H3,(H,34,35)/b26-13-. The maximum atomic E-state index is 13.2. The zero-order valence-corrected chi connectivity index (χ0v) is 23.2. The van der Waals surface area contributed by atoms with Crippen molar-refractivity contribution in [2.45, 2.75) is 25.2 Å². The average molecular weight is 566 g/mol. The zero-order valence-electron chi connectivity index (χ0n) is 22.4. The summed E-state index contributed by atoms with van der Waals surface area (Å²) in [5, 5.41) is 19.0. The van der Waals surface area contributed by atoms with E-state index in [1.165, 1.54) is 25.3 Å². The van der Waals surface area contributed by atoms with E-state index in [0.717, 1.165) is 22.9 Å². The molecule has 40 heavy (non-hydrogen) atoms. The second-order valence-electron chi connectivity index (χ2n) is 8.39. The van der Waals surface area contributed by atoms with Gasteiger partial charge >= 0.3 is 5.97 Å². The predicted molar refractivity (Wildman–Crippen MR) is 149 cm³/mol. The lowest BCUT2D eigenvalue weighted by Gasteiger charge is -2.12. The van der Waals surface area contributed by atoms with Crippen LogP contribution in [0.25, 0.3) is 17.5 Å². The minimum Gasteiger partial charge on any atom is -0.497 e. The molecule has 0 aliphatic heterocycles. The highest BCUT2D eigenvalue weighted by Gasteiger charge is 2.19. The van der Waals surface area contributed by atoms with Gasteiger partial charge in [-0.25, -0.2) is 9.18 Å². The van der Waals surface area contributed by atoms with Gasteiger partial charge in [0.25, 0.3) is 0 Å². The van der Waals surface area contributed by atoms with Gasteiger partial charge in [-0.1, -0.05) is 18.2 Å². The first-order valence-corrected chi connectivity index (χ1v) is 13.0. The number of aliphatic carboxylic acids is 1. The molecule has 1 heterocycles. The molecular formula is C29H28FN3O6S. The Labute approximate surface area is 235 Å². The smallest absolute Gasteiger partial charge is 0.342 e. The number of halogens is 1. The second kappa shape index (κ2) is 13.0. The SMILES string of the molecule is CCn1c(S/C(=C\c2ccc(OCc3ccc(F)cc3)c(OC)c2)C(=O)O)nnc1-c1cc(OC)cc(OC)c1. The molecule has 1 N–H and O–H groups in total. The van der Waals surface area contributed by atoms with Crippen molar-refractivity contribution in [3.05, 3.63) is 82.5 Å². The topological polar surface area (TPSA) is 105 Å². The van der Waals surface area contributed by atoms with Gasteiger partial charge < -0.3 is 28.6 Å². The predicted octanol–water partition coefficient (Wildman–Crippen LogP) is 5.93. The molecule has 4 aromatic rings. The van der Waals surface area contributed by atoms with Gasteiger partial charge in [0.1, 0.15) is 28.8 Å². The zero-order chi connectivity index (χ0) is 28.6. The minimum absolute atomic E-state index is 0.0407. The van der Waals surface area contributed by atoms with Crippen LogP contribution in [0.5, 0.6) is 23.0 Å². The Bertz CT molecular complexity index is 1500. The van der Waals surface area contributed by atoms with E-state index < -0.39 is 5.97 Å².